The SMILES string of the molecule is N#Cc1cc(CNc2cscc2C(=O)Nc2ccc3c(c2)OC(F)(F)O3)ccn1. The molecule has 0 fully saturated rings. The summed E-state index contributed by atoms with van der Waals surface area (Å²) in [7, 11) is 0. The number of anilines is 2. The van der Waals surface area contributed by atoms with E-state index in [9.17, 15) is 13.6 Å². The van der Waals surface area contributed by atoms with Gasteiger partial charge < -0.3 is 20.1 Å². The lowest BCUT2D eigenvalue weighted by Gasteiger charge is -2.09. The van der Waals surface area contributed by atoms with Crippen LogP contribution < -0.4 is 20.1 Å². The van der Waals surface area contributed by atoms with Crippen LogP contribution in [-0.2, 0) is 6.54 Å². The highest BCUT2D eigenvalue weighted by Crippen LogP contribution is 2.42. The van der Waals surface area contributed by atoms with Gasteiger partial charge in [-0.3, -0.25) is 4.79 Å². The van der Waals surface area contributed by atoms with Gasteiger partial charge in [0.2, 0.25) is 0 Å². The molecule has 0 saturated heterocycles. The molecule has 0 unspecified atom stereocenters. The van der Waals surface area contributed by atoms with Crippen molar-refractivity contribution in [2.24, 2.45) is 0 Å². The molecule has 0 atom stereocenters. The van der Waals surface area contributed by atoms with Crippen molar-refractivity contribution in [2.75, 3.05) is 10.6 Å². The Morgan fingerprint density at radius 3 is 2.86 bits per heavy atom. The Morgan fingerprint density at radius 2 is 2.03 bits per heavy atom. The van der Waals surface area contributed by atoms with E-state index in [2.05, 4.69) is 25.1 Å². The highest BCUT2D eigenvalue weighted by Gasteiger charge is 2.43. The molecule has 0 saturated carbocycles. The lowest BCUT2D eigenvalue weighted by atomic mass is 10.2. The minimum absolute atomic E-state index is 0.0972. The van der Waals surface area contributed by atoms with Crippen LogP contribution in [0.15, 0.2) is 47.3 Å². The topological polar surface area (TPSA) is 96.3 Å². The number of hydrogen-bond donors (Lipinski definition) is 2. The average Bonchev–Trinajstić information content (AvgIpc) is 3.28. The van der Waals surface area contributed by atoms with Crippen molar-refractivity contribution in [3.05, 3.63) is 64.1 Å². The third-order valence-corrected chi connectivity index (χ3v) is 4.73. The Hall–Kier alpha value is -3.71. The van der Waals surface area contributed by atoms with Crippen molar-refractivity contribution in [3.8, 4) is 17.6 Å². The number of benzene rings is 1. The van der Waals surface area contributed by atoms with E-state index in [0.717, 1.165) is 5.56 Å². The molecule has 0 radical (unpaired) electrons. The molecule has 2 aromatic heterocycles. The van der Waals surface area contributed by atoms with Crippen LogP contribution in [0.2, 0.25) is 0 Å². The first kappa shape index (κ1) is 18.6. The molecular weight excluding hydrogens is 402 g/mol. The van der Waals surface area contributed by atoms with Crippen molar-refractivity contribution < 1.29 is 23.0 Å². The number of rotatable bonds is 5. The van der Waals surface area contributed by atoms with Gasteiger partial charge >= 0.3 is 6.29 Å². The summed E-state index contributed by atoms with van der Waals surface area (Å²) >= 11 is 1.34. The first-order chi connectivity index (χ1) is 13.9. The van der Waals surface area contributed by atoms with Crippen LogP contribution in [0.1, 0.15) is 21.6 Å². The maximum absolute atomic E-state index is 13.1. The molecule has 0 spiro atoms. The number of carbonyl (C=O) groups excluding carboxylic acids is 1. The van der Waals surface area contributed by atoms with Crippen molar-refractivity contribution in [2.45, 2.75) is 12.8 Å². The molecule has 1 aromatic carbocycles. The molecule has 146 valence electrons. The number of aromatic nitrogens is 1. The third kappa shape index (κ3) is 4.09. The number of pyridine rings is 1. The number of ether oxygens (including phenoxy) is 2. The van der Waals surface area contributed by atoms with Gasteiger partial charge in [-0.2, -0.15) is 5.26 Å². The molecule has 0 aliphatic carbocycles. The van der Waals surface area contributed by atoms with Crippen LogP contribution in [-0.4, -0.2) is 17.2 Å². The predicted molar refractivity (Wildman–Crippen MR) is 101 cm³/mol. The predicted octanol–water partition coefficient (Wildman–Crippen LogP) is 4.20. The second kappa shape index (κ2) is 7.37. The summed E-state index contributed by atoms with van der Waals surface area (Å²) in [5, 5.41) is 18.2. The number of nitrogens with zero attached hydrogens (tertiary/aromatic N) is 2. The van der Waals surface area contributed by atoms with Gasteiger partial charge in [-0.1, -0.05) is 0 Å². The van der Waals surface area contributed by atoms with Crippen LogP contribution in [0.4, 0.5) is 20.2 Å². The van der Waals surface area contributed by atoms with Crippen molar-refractivity contribution in [1.82, 2.24) is 4.98 Å². The molecule has 1 aliphatic heterocycles. The van der Waals surface area contributed by atoms with Gasteiger partial charge in [0.05, 0.1) is 11.3 Å². The molecule has 3 aromatic rings. The minimum Gasteiger partial charge on any atom is -0.395 e. The second-order valence-electron chi connectivity index (χ2n) is 6.00. The maximum Gasteiger partial charge on any atom is 0.586 e. The molecule has 1 amide bonds. The third-order valence-electron chi connectivity index (χ3n) is 3.99. The molecule has 0 bridgehead atoms. The highest BCUT2D eigenvalue weighted by atomic mass is 32.1. The number of halogens is 2. The van der Waals surface area contributed by atoms with Crippen LogP contribution in [0.5, 0.6) is 11.5 Å². The van der Waals surface area contributed by atoms with E-state index < -0.39 is 12.2 Å². The highest BCUT2D eigenvalue weighted by molar-refractivity contribution is 7.08. The van der Waals surface area contributed by atoms with Gasteiger partial charge in [0.1, 0.15) is 11.8 Å². The molecule has 2 N–H and O–H groups in total. The minimum atomic E-state index is -3.71. The zero-order valence-corrected chi connectivity index (χ0v) is 15.4. The van der Waals surface area contributed by atoms with E-state index >= 15 is 0 Å². The summed E-state index contributed by atoms with van der Waals surface area (Å²) in [6.45, 7) is 0.396. The van der Waals surface area contributed by atoms with E-state index in [1.807, 2.05) is 6.07 Å². The number of fused-ring (bicyclic) bond motifs is 1. The quantitative estimate of drug-likeness (QED) is 0.650. The molecule has 3 heterocycles. The van der Waals surface area contributed by atoms with Crippen molar-refractivity contribution in [1.29, 1.82) is 5.26 Å². The summed E-state index contributed by atoms with van der Waals surface area (Å²) in [6.07, 6.45) is -2.17. The Balaban J connectivity index is 1.44. The van der Waals surface area contributed by atoms with E-state index in [4.69, 9.17) is 5.26 Å². The number of hydrogen-bond acceptors (Lipinski definition) is 7. The normalized spacial score (nSPS) is 13.6. The number of amides is 1. The first-order valence-corrected chi connectivity index (χ1v) is 9.24. The van der Waals surface area contributed by atoms with E-state index in [-0.39, 0.29) is 11.5 Å². The van der Waals surface area contributed by atoms with Crippen molar-refractivity contribution >= 4 is 28.6 Å². The Kier molecular flexibility index (Phi) is 4.74. The summed E-state index contributed by atoms with van der Waals surface area (Å²) < 4.78 is 35.0. The van der Waals surface area contributed by atoms with Crippen LogP contribution in [0.25, 0.3) is 0 Å². The summed E-state index contributed by atoms with van der Waals surface area (Å²) in [5.41, 5.74) is 2.44. The van der Waals surface area contributed by atoms with E-state index in [0.29, 0.717) is 29.2 Å². The summed E-state index contributed by atoms with van der Waals surface area (Å²) in [6, 6.07) is 9.41. The van der Waals surface area contributed by atoms with Crippen molar-refractivity contribution in [3.63, 3.8) is 0 Å². The fourth-order valence-corrected chi connectivity index (χ4v) is 3.46. The number of nitrogens with one attached hydrogen (secondary N) is 2. The lowest BCUT2D eigenvalue weighted by Crippen LogP contribution is -2.25. The standard InChI is InChI=1S/C19H12F2N4O3S/c20-19(21)27-16-2-1-12(6-17(16)28-19)25-18(26)14-9-29-10-15(14)24-8-11-3-4-23-13(5-11)7-22/h1-6,9-10,24H,8H2,(H,25,26). The maximum atomic E-state index is 13.1. The van der Waals surface area contributed by atoms with Gasteiger partial charge in [0.15, 0.2) is 11.5 Å². The Labute approximate surface area is 167 Å². The fraction of sp³-hybridized carbons (Fsp3) is 0.105. The number of nitriles is 1. The van der Waals surface area contributed by atoms with Gasteiger partial charge in [-0.15, -0.1) is 20.1 Å². The van der Waals surface area contributed by atoms with Crippen LogP contribution >= 0.6 is 11.3 Å². The largest absolute Gasteiger partial charge is 0.586 e. The van der Waals surface area contributed by atoms with Gasteiger partial charge in [-0.05, 0) is 29.8 Å². The van der Waals surface area contributed by atoms with E-state index in [1.165, 1.54) is 29.5 Å². The molecule has 4 rings (SSSR count). The first-order valence-electron chi connectivity index (χ1n) is 8.30. The van der Waals surface area contributed by atoms with Crippen LogP contribution in [0, 0.1) is 11.3 Å². The van der Waals surface area contributed by atoms with Gasteiger partial charge in [-0.25, -0.2) is 4.98 Å². The molecular formula is C19H12F2N4O3S. The monoisotopic (exact) mass is 414 g/mol. The number of carbonyl (C=O) groups is 1. The van der Waals surface area contributed by atoms with E-state index in [1.54, 1.807) is 29.1 Å². The summed E-state index contributed by atoms with van der Waals surface area (Å²) in [4.78, 5) is 16.5. The molecule has 7 nitrogen and oxygen atoms in total. The molecule has 10 heteroatoms. The number of alkyl halides is 2. The second-order valence-corrected chi connectivity index (χ2v) is 6.74. The molecule has 29 heavy (non-hydrogen) atoms. The Morgan fingerprint density at radius 1 is 1.21 bits per heavy atom. The Bertz CT molecular complexity index is 1130. The summed E-state index contributed by atoms with van der Waals surface area (Å²) in [5.74, 6) is -0.658. The zero-order chi connectivity index (χ0) is 20.4. The van der Waals surface area contributed by atoms with Crippen LogP contribution in [0.3, 0.4) is 0 Å². The lowest BCUT2D eigenvalue weighted by molar-refractivity contribution is -0.286. The van der Waals surface area contributed by atoms with Gasteiger partial charge in [0.25, 0.3) is 5.91 Å². The molecule has 1 aliphatic rings. The average molecular weight is 414 g/mol. The zero-order valence-electron chi connectivity index (χ0n) is 14.6. The smallest absolute Gasteiger partial charge is 0.395 e. The number of thiophene rings is 1. The van der Waals surface area contributed by atoms with Gasteiger partial charge in [0, 0.05) is 35.3 Å². The fourth-order valence-electron chi connectivity index (χ4n) is 2.68.